The molecule has 0 spiro atoms. The van der Waals surface area contributed by atoms with Gasteiger partial charge in [0.2, 0.25) is 0 Å². The van der Waals surface area contributed by atoms with Gasteiger partial charge in [-0.2, -0.15) is 0 Å². The molecule has 0 saturated carbocycles. The van der Waals surface area contributed by atoms with Crippen LogP contribution in [0.3, 0.4) is 0 Å². The van der Waals surface area contributed by atoms with Gasteiger partial charge < -0.3 is 14.2 Å². The van der Waals surface area contributed by atoms with Crippen LogP contribution in [-0.2, 0) is 4.79 Å². The standard InChI is InChI=1S/C26H28N2O4S/c1-5-15-28-25(29)24(33-26(28)27-20-10-12-21(13-11-20)30-7-3)18-19-9-14-22(32-16-6-2)23(17-19)31-8-4/h2,9-14,17-18H,5,7-8,15-16H2,1,3-4H3/b24-18-,27-26?. The van der Waals surface area contributed by atoms with Gasteiger partial charge in [-0.05, 0) is 80.1 Å². The van der Waals surface area contributed by atoms with E-state index < -0.39 is 0 Å². The Labute approximate surface area is 199 Å². The Morgan fingerprint density at radius 3 is 2.45 bits per heavy atom. The minimum atomic E-state index is -0.0582. The Bertz CT molecular complexity index is 1070. The summed E-state index contributed by atoms with van der Waals surface area (Å²) in [7, 11) is 0. The summed E-state index contributed by atoms with van der Waals surface area (Å²) in [5, 5.41) is 0.663. The molecule has 3 rings (SSSR count). The van der Waals surface area contributed by atoms with E-state index in [-0.39, 0.29) is 12.5 Å². The molecule has 1 saturated heterocycles. The summed E-state index contributed by atoms with van der Waals surface area (Å²) < 4.78 is 16.7. The molecular weight excluding hydrogens is 436 g/mol. The zero-order valence-corrected chi connectivity index (χ0v) is 20.0. The molecule has 0 atom stereocenters. The number of nitrogens with zero attached hydrogens (tertiary/aromatic N) is 2. The van der Waals surface area contributed by atoms with Crippen LogP contribution < -0.4 is 14.2 Å². The molecule has 0 unspecified atom stereocenters. The van der Waals surface area contributed by atoms with Crippen molar-refractivity contribution >= 4 is 34.6 Å². The summed E-state index contributed by atoms with van der Waals surface area (Å²) in [6.45, 7) is 7.74. The maximum atomic E-state index is 13.1. The molecule has 1 aliphatic rings. The van der Waals surface area contributed by atoms with Gasteiger partial charge in [0, 0.05) is 6.54 Å². The van der Waals surface area contributed by atoms with Gasteiger partial charge in [0.1, 0.15) is 12.4 Å². The van der Waals surface area contributed by atoms with Crippen molar-refractivity contribution in [3.63, 3.8) is 0 Å². The normalized spacial score (nSPS) is 15.7. The SMILES string of the molecule is C#CCOc1ccc(/C=C2\SC(=Nc3ccc(OCC)cc3)N(CCC)C2=O)cc1OCC. The van der Waals surface area contributed by atoms with E-state index >= 15 is 0 Å². The second-order valence-electron chi connectivity index (χ2n) is 7.02. The second-order valence-corrected chi connectivity index (χ2v) is 8.03. The van der Waals surface area contributed by atoms with Crippen LogP contribution in [-0.4, -0.2) is 42.3 Å². The number of carbonyl (C=O) groups excluding carboxylic acids is 1. The summed E-state index contributed by atoms with van der Waals surface area (Å²) in [6, 6.07) is 13.1. The Hall–Kier alpha value is -3.37. The Kier molecular flexibility index (Phi) is 8.85. The quantitative estimate of drug-likeness (QED) is 0.343. The predicted molar refractivity (Wildman–Crippen MR) is 134 cm³/mol. The van der Waals surface area contributed by atoms with Crippen LogP contribution in [0.1, 0.15) is 32.8 Å². The van der Waals surface area contributed by atoms with Crippen LogP contribution in [0.2, 0.25) is 0 Å². The number of rotatable bonds is 10. The minimum absolute atomic E-state index is 0.0582. The molecule has 1 aliphatic heterocycles. The third-order valence-corrected chi connectivity index (χ3v) is 5.59. The monoisotopic (exact) mass is 464 g/mol. The van der Waals surface area contributed by atoms with Crippen molar-refractivity contribution in [3.8, 4) is 29.6 Å². The zero-order chi connectivity index (χ0) is 23.6. The molecule has 6 nitrogen and oxygen atoms in total. The van der Waals surface area contributed by atoms with Crippen LogP contribution in [0, 0.1) is 12.3 Å². The van der Waals surface area contributed by atoms with Crippen LogP contribution >= 0.6 is 11.8 Å². The van der Waals surface area contributed by atoms with E-state index in [4.69, 9.17) is 25.6 Å². The lowest BCUT2D eigenvalue weighted by Crippen LogP contribution is -2.29. The molecule has 1 fully saturated rings. The Morgan fingerprint density at radius 1 is 1.03 bits per heavy atom. The summed E-state index contributed by atoms with van der Waals surface area (Å²) in [5.41, 5.74) is 1.60. The Balaban J connectivity index is 1.88. The van der Waals surface area contributed by atoms with E-state index in [0.29, 0.717) is 41.3 Å². The van der Waals surface area contributed by atoms with Crippen molar-refractivity contribution in [1.82, 2.24) is 4.90 Å². The molecule has 172 valence electrons. The van der Waals surface area contributed by atoms with Crippen molar-refractivity contribution in [2.45, 2.75) is 27.2 Å². The molecular formula is C26H28N2O4S. The van der Waals surface area contributed by atoms with Gasteiger partial charge in [-0.25, -0.2) is 4.99 Å². The van der Waals surface area contributed by atoms with Gasteiger partial charge in [0.15, 0.2) is 16.7 Å². The van der Waals surface area contributed by atoms with Gasteiger partial charge in [-0.3, -0.25) is 9.69 Å². The highest BCUT2D eigenvalue weighted by Gasteiger charge is 2.32. The molecule has 0 aliphatic carbocycles. The summed E-state index contributed by atoms with van der Waals surface area (Å²) >= 11 is 1.37. The van der Waals surface area contributed by atoms with Crippen LogP contribution in [0.15, 0.2) is 52.4 Å². The fraction of sp³-hybridized carbons (Fsp3) is 0.308. The maximum absolute atomic E-state index is 13.1. The number of carbonyl (C=O) groups is 1. The van der Waals surface area contributed by atoms with Crippen LogP contribution in [0.5, 0.6) is 17.2 Å². The lowest BCUT2D eigenvalue weighted by atomic mass is 10.2. The average Bonchev–Trinajstić information content (AvgIpc) is 3.09. The van der Waals surface area contributed by atoms with Crippen molar-refractivity contribution in [1.29, 1.82) is 0 Å². The number of terminal acetylenes is 1. The highest BCUT2D eigenvalue weighted by molar-refractivity contribution is 8.18. The minimum Gasteiger partial charge on any atom is -0.494 e. The molecule has 1 amide bonds. The Morgan fingerprint density at radius 2 is 1.79 bits per heavy atom. The number of ether oxygens (including phenoxy) is 3. The number of benzene rings is 2. The highest BCUT2D eigenvalue weighted by atomic mass is 32.2. The van der Waals surface area contributed by atoms with Gasteiger partial charge >= 0.3 is 0 Å². The fourth-order valence-electron chi connectivity index (χ4n) is 3.18. The number of aliphatic imine (C=N–C) groups is 1. The van der Waals surface area contributed by atoms with Gasteiger partial charge in [0.25, 0.3) is 5.91 Å². The first-order valence-corrected chi connectivity index (χ1v) is 11.8. The number of hydrogen-bond acceptors (Lipinski definition) is 6. The van der Waals surface area contributed by atoms with Crippen molar-refractivity contribution in [2.24, 2.45) is 4.99 Å². The van der Waals surface area contributed by atoms with Crippen LogP contribution in [0.4, 0.5) is 5.69 Å². The molecule has 2 aromatic rings. The fourth-order valence-corrected chi connectivity index (χ4v) is 4.20. The molecule has 2 aromatic carbocycles. The third-order valence-electron chi connectivity index (χ3n) is 4.58. The number of amides is 1. The van der Waals surface area contributed by atoms with E-state index in [9.17, 15) is 4.79 Å². The topological polar surface area (TPSA) is 60.4 Å². The molecule has 1 heterocycles. The molecule has 0 bridgehead atoms. The summed E-state index contributed by atoms with van der Waals surface area (Å²) in [4.78, 5) is 20.2. The first-order chi connectivity index (χ1) is 16.1. The number of amidine groups is 1. The zero-order valence-electron chi connectivity index (χ0n) is 19.2. The van der Waals surface area contributed by atoms with Gasteiger partial charge in [-0.1, -0.05) is 18.9 Å². The molecule has 0 N–H and O–H groups in total. The smallest absolute Gasteiger partial charge is 0.266 e. The number of hydrogen-bond donors (Lipinski definition) is 0. The van der Waals surface area contributed by atoms with Crippen LogP contribution in [0.25, 0.3) is 6.08 Å². The van der Waals surface area contributed by atoms with Gasteiger partial charge in [0.05, 0.1) is 23.8 Å². The first kappa shape index (κ1) is 24.3. The van der Waals surface area contributed by atoms with Gasteiger partial charge in [-0.15, -0.1) is 6.42 Å². The predicted octanol–water partition coefficient (Wildman–Crippen LogP) is 5.51. The molecule has 7 heteroatoms. The van der Waals surface area contributed by atoms with E-state index in [1.165, 1.54) is 11.8 Å². The summed E-state index contributed by atoms with van der Waals surface area (Å²) in [6.07, 6.45) is 7.98. The van der Waals surface area contributed by atoms with Crippen molar-refractivity contribution in [2.75, 3.05) is 26.4 Å². The molecule has 0 radical (unpaired) electrons. The average molecular weight is 465 g/mol. The van der Waals surface area contributed by atoms with E-state index in [1.54, 1.807) is 11.0 Å². The van der Waals surface area contributed by atoms with E-state index in [1.807, 2.05) is 63.2 Å². The lowest BCUT2D eigenvalue weighted by molar-refractivity contribution is -0.122. The van der Waals surface area contributed by atoms with E-state index in [2.05, 4.69) is 5.92 Å². The molecule has 33 heavy (non-hydrogen) atoms. The summed E-state index contributed by atoms with van der Waals surface area (Å²) in [5.74, 6) is 4.35. The van der Waals surface area contributed by atoms with Crippen molar-refractivity contribution in [3.05, 3.63) is 52.9 Å². The highest BCUT2D eigenvalue weighted by Crippen LogP contribution is 2.36. The van der Waals surface area contributed by atoms with Crippen molar-refractivity contribution < 1.29 is 19.0 Å². The number of thioether (sulfide) groups is 1. The third kappa shape index (κ3) is 6.33. The maximum Gasteiger partial charge on any atom is 0.266 e. The largest absolute Gasteiger partial charge is 0.494 e. The van der Waals surface area contributed by atoms with E-state index in [0.717, 1.165) is 23.4 Å². The lowest BCUT2D eigenvalue weighted by Gasteiger charge is -2.14. The first-order valence-electron chi connectivity index (χ1n) is 11.0. The second kappa shape index (κ2) is 12.0. The molecule has 0 aromatic heterocycles.